The Bertz CT molecular complexity index is 885. The van der Waals surface area contributed by atoms with Crippen molar-refractivity contribution in [1.29, 1.82) is 5.41 Å². The number of piperidine rings is 1. The molecule has 0 aromatic carbocycles. The molecule has 3 heterocycles. The smallest absolute Gasteiger partial charge is 0.414 e. The van der Waals surface area contributed by atoms with E-state index in [4.69, 9.17) is 20.6 Å². The SMILES string of the molecule is CCOc1ccc(C2CCN(c3nccc(COC(=O)NC(=N)N)c3F)CC2)cn1. The summed E-state index contributed by atoms with van der Waals surface area (Å²) in [5, 5.41) is 8.97. The van der Waals surface area contributed by atoms with Crippen LogP contribution in [0.5, 0.6) is 5.88 Å². The Morgan fingerprint density at radius 2 is 2.10 bits per heavy atom. The molecular formula is C20H25FN6O3. The molecule has 10 heteroatoms. The van der Waals surface area contributed by atoms with Crippen molar-refractivity contribution >= 4 is 17.9 Å². The monoisotopic (exact) mass is 416 g/mol. The summed E-state index contributed by atoms with van der Waals surface area (Å²) >= 11 is 0. The predicted octanol–water partition coefficient (Wildman–Crippen LogP) is 2.52. The van der Waals surface area contributed by atoms with Crippen molar-refractivity contribution < 1.29 is 18.7 Å². The number of alkyl carbamates (subject to hydrolysis) is 1. The van der Waals surface area contributed by atoms with Gasteiger partial charge in [0.1, 0.15) is 6.61 Å². The Morgan fingerprint density at radius 3 is 2.73 bits per heavy atom. The first-order valence-corrected chi connectivity index (χ1v) is 9.72. The summed E-state index contributed by atoms with van der Waals surface area (Å²) in [5.41, 5.74) is 6.41. The number of guanidine groups is 1. The number of nitrogens with one attached hydrogen (secondary N) is 2. The number of aromatic nitrogens is 2. The van der Waals surface area contributed by atoms with Crippen molar-refractivity contribution in [2.45, 2.75) is 32.3 Å². The number of carbonyl (C=O) groups is 1. The summed E-state index contributed by atoms with van der Waals surface area (Å²) in [6, 6.07) is 5.36. The molecule has 160 valence electrons. The van der Waals surface area contributed by atoms with Crippen LogP contribution in [-0.4, -0.2) is 41.7 Å². The Labute approximate surface area is 173 Å². The molecule has 0 bridgehead atoms. The largest absolute Gasteiger partial charge is 0.478 e. The maximum Gasteiger partial charge on any atom is 0.414 e. The topological polar surface area (TPSA) is 126 Å². The second kappa shape index (κ2) is 9.86. The van der Waals surface area contributed by atoms with Crippen molar-refractivity contribution in [3.8, 4) is 5.88 Å². The molecule has 2 aromatic rings. The molecule has 0 spiro atoms. The Morgan fingerprint density at radius 1 is 1.33 bits per heavy atom. The Balaban J connectivity index is 1.60. The minimum atomic E-state index is -0.912. The lowest BCUT2D eigenvalue weighted by molar-refractivity contribution is 0.143. The van der Waals surface area contributed by atoms with Gasteiger partial charge in [0.05, 0.1) is 6.61 Å². The number of ether oxygens (including phenoxy) is 2. The average molecular weight is 416 g/mol. The van der Waals surface area contributed by atoms with E-state index in [1.807, 2.05) is 35.5 Å². The zero-order chi connectivity index (χ0) is 21.5. The summed E-state index contributed by atoms with van der Waals surface area (Å²) in [7, 11) is 0. The molecule has 1 aliphatic rings. The first kappa shape index (κ1) is 21.3. The Kier molecular flexibility index (Phi) is 6.99. The van der Waals surface area contributed by atoms with E-state index >= 15 is 0 Å². The van der Waals surface area contributed by atoms with Gasteiger partial charge in [0, 0.05) is 37.1 Å². The van der Waals surface area contributed by atoms with Gasteiger partial charge < -0.3 is 20.1 Å². The molecule has 1 amide bonds. The summed E-state index contributed by atoms with van der Waals surface area (Å²) in [5.74, 6) is 0.136. The minimum Gasteiger partial charge on any atom is -0.478 e. The number of amides is 1. The number of nitrogens with two attached hydrogens (primary N) is 1. The maximum absolute atomic E-state index is 14.9. The normalized spacial score (nSPS) is 14.3. The second-order valence-electron chi connectivity index (χ2n) is 6.85. The van der Waals surface area contributed by atoms with Gasteiger partial charge in [0.15, 0.2) is 17.6 Å². The van der Waals surface area contributed by atoms with Gasteiger partial charge in [-0.05, 0) is 37.3 Å². The molecule has 0 aliphatic carbocycles. The molecule has 1 saturated heterocycles. The van der Waals surface area contributed by atoms with Crippen molar-refractivity contribution in [1.82, 2.24) is 15.3 Å². The first-order valence-electron chi connectivity index (χ1n) is 9.72. The predicted molar refractivity (Wildman–Crippen MR) is 109 cm³/mol. The highest BCUT2D eigenvalue weighted by molar-refractivity contribution is 5.90. The molecule has 0 atom stereocenters. The van der Waals surface area contributed by atoms with Crippen LogP contribution in [0.3, 0.4) is 0 Å². The summed E-state index contributed by atoms with van der Waals surface area (Å²) in [6.07, 6.45) is 4.11. The fraction of sp³-hybridized carbons (Fsp3) is 0.400. The third-order valence-corrected chi connectivity index (χ3v) is 4.86. The van der Waals surface area contributed by atoms with Crippen LogP contribution in [0.25, 0.3) is 0 Å². The van der Waals surface area contributed by atoms with Gasteiger partial charge in [-0.15, -0.1) is 0 Å². The Hall–Kier alpha value is -3.43. The van der Waals surface area contributed by atoms with Crippen LogP contribution in [0.15, 0.2) is 30.6 Å². The van der Waals surface area contributed by atoms with Gasteiger partial charge >= 0.3 is 6.09 Å². The highest BCUT2D eigenvalue weighted by atomic mass is 19.1. The highest BCUT2D eigenvalue weighted by Gasteiger charge is 2.24. The highest BCUT2D eigenvalue weighted by Crippen LogP contribution is 2.31. The fourth-order valence-corrected chi connectivity index (χ4v) is 3.38. The van der Waals surface area contributed by atoms with E-state index in [1.54, 1.807) is 0 Å². The molecular weight excluding hydrogens is 391 g/mol. The minimum absolute atomic E-state index is 0.205. The number of nitrogens with zero attached hydrogens (tertiary/aromatic N) is 3. The van der Waals surface area contributed by atoms with Crippen LogP contribution in [0.4, 0.5) is 15.0 Å². The van der Waals surface area contributed by atoms with Crippen molar-refractivity contribution in [2.75, 3.05) is 24.6 Å². The van der Waals surface area contributed by atoms with E-state index in [-0.39, 0.29) is 18.0 Å². The van der Waals surface area contributed by atoms with Crippen LogP contribution in [0, 0.1) is 11.2 Å². The van der Waals surface area contributed by atoms with Gasteiger partial charge in [0.25, 0.3) is 0 Å². The quantitative estimate of drug-likeness (QED) is 0.488. The fourth-order valence-electron chi connectivity index (χ4n) is 3.38. The summed E-state index contributed by atoms with van der Waals surface area (Å²) in [6.45, 7) is 3.51. The first-order chi connectivity index (χ1) is 14.5. The lowest BCUT2D eigenvalue weighted by Gasteiger charge is -2.33. The number of hydrogen-bond acceptors (Lipinski definition) is 7. The average Bonchev–Trinajstić information content (AvgIpc) is 2.73. The van der Waals surface area contributed by atoms with E-state index < -0.39 is 17.9 Å². The molecule has 2 aromatic heterocycles. The number of carbonyl (C=O) groups excluding carboxylic acids is 1. The zero-order valence-electron chi connectivity index (χ0n) is 16.7. The number of rotatable bonds is 6. The van der Waals surface area contributed by atoms with E-state index in [0.29, 0.717) is 31.5 Å². The molecule has 3 rings (SSSR count). The van der Waals surface area contributed by atoms with Gasteiger partial charge in [0.2, 0.25) is 5.88 Å². The molecule has 4 N–H and O–H groups in total. The van der Waals surface area contributed by atoms with Crippen molar-refractivity contribution in [2.24, 2.45) is 5.73 Å². The molecule has 1 aliphatic heterocycles. The van der Waals surface area contributed by atoms with Crippen LogP contribution in [0.1, 0.15) is 36.8 Å². The van der Waals surface area contributed by atoms with Crippen LogP contribution < -0.4 is 20.7 Å². The molecule has 30 heavy (non-hydrogen) atoms. The lowest BCUT2D eigenvalue weighted by Crippen LogP contribution is -2.36. The van der Waals surface area contributed by atoms with Crippen molar-refractivity contribution in [3.05, 3.63) is 47.5 Å². The molecule has 1 fully saturated rings. The zero-order valence-corrected chi connectivity index (χ0v) is 16.7. The summed E-state index contributed by atoms with van der Waals surface area (Å²) in [4.78, 5) is 21.8. The van der Waals surface area contributed by atoms with Gasteiger partial charge in [-0.1, -0.05) is 6.07 Å². The third kappa shape index (κ3) is 5.34. The van der Waals surface area contributed by atoms with Crippen molar-refractivity contribution in [3.63, 3.8) is 0 Å². The number of hydrogen-bond donors (Lipinski definition) is 3. The molecule has 9 nitrogen and oxygen atoms in total. The molecule has 0 saturated carbocycles. The van der Waals surface area contributed by atoms with Gasteiger partial charge in [-0.25, -0.2) is 19.2 Å². The van der Waals surface area contributed by atoms with E-state index in [2.05, 4.69) is 9.97 Å². The standard InChI is InChI=1S/C20H25FN6O3/c1-2-29-16-4-3-14(11-25-16)13-6-9-27(10-7-13)18-17(21)15(5-8-24-18)12-30-20(28)26-19(22)23/h3-5,8,11,13H,2,6-7,9-10,12H2,1H3,(H4,22,23,26,28). The third-order valence-electron chi connectivity index (χ3n) is 4.86. The van der Waals surface area contributed by atoms with Gasteiger partial charge in [-0.2, -0.15) is 0 Å². The number of anilines is 1. The van der Waals surface area contributed by atoms with Crippen LogP contribution >= 0.6 is 0 Å². The second-order valence-corrected chi connectivity index (χ2v) is 6.85. The van der Waals surface area contributed by atoms with E-state index in [1.165, 1.54) is 12.3 Å². The lowest BCUT2D eigenvalue weighted by atomic mass is 9.90. The number of pyridine rings is 2. The maximum atomic E-state index is 14.9. The number of halogens is 1. The molecule has 0 unspecified atom stereocenters. The van der Waals surface area contributed by atoms with Crippen LogP contribution in [-0.2, 0) is 11.3 Å². The van der Waals surface area contributed by atoms with E-state index in [9.17, 15) is 9.18 Å². The van der Waals surface area contributed by atoms with Crippen LogP contribution in [0.2, 0.25) is 0 Å². The molecule has 0 radical (unpaired) electrons. The summed E-state index contributed by atoms with van der Waals surface area (Å²) < 4.78 is 25.2. The van der Waals surface area contributed by atoms with E-state index in [0.717, 1.165) is 18.4 Å². The van der Waals surface area contributed by atoms with Gasteiger partial charge in [-0.3, -0.25) is 10.7 Å².